The number of aromatic nitrogens is 1. The molecule has 0 N–H and O–H groups in total. The molecule has 0 atom stereocenters. The topological polar surface area (TPSA) is 12.9 Å². The van der Waals surface area contributed by atoms with E-state index in [9.17, 15) is 4.39 Å². The molecule has 1 aromatic heterocycles. The van der Waals surface area contributed by atoms with Crippen molar-refractivity contribution in [2.24, 2.45) is 0 Å². The van der Waals surface area contributed by atoms with Crippen LogP contribution in [0.1, 0.15) is 11.1 Å². The first-order valence-electron chi connectivity index (χ1n) is 8.17. The molecular weight excluding hydrogens is 309 g/mol. The van der Waals surface area contributed by atoms with Gasteiger partial charge in [-0.2, -0.15) is 0 Å². The number of pyridine rings is 1. The Morgan fingerprint density at radius 3 is 2.36 bits per heavy atom. The lowest BCUT2D eigenvalue weighted by Gasteiger charge is -2.05. The quantitative estimate of drug-likeness (QED) is 0.408. The molecule has 0 aliphatic carbocycles. The summed E-state index contributed by atoms with van der Waals surface area (Å²) in [4.78, 5) is 4.50. The van der Waals surface area contributed by atoms with Crippen molar-refractivity contribution in [3.8, 4) is 11.1 Å². The molecule has 0 aliphatic heterocycles. The van der Waals surface area contributed by atoms with E-state index in [0.29, 0.717) is 0 Å². The highest BCUT2D eigenvalue weighted by molar-refractivity contribution is 5.86. The average Bonchev–Trinajstić information content (AvgIpc) is 2.66. The van der Waals surface area contributed by atoms with Gasteiger partial charge in [0, 0.05) is 17.1 Å². The summed E-state index contributed by atoms with van der Waals surface area (Å²) >= 11 is 0. The van der Waals surface area contributed by atoms with Gasteiger partial charge in [-0.05, 0) is 47.0 Å². The third-order valence-corrected chi connectivity index (χ3v) is 4.13. The molecule has 1 nitrogen and oxygen atoms in total. The first kappa shape index (κ1) is 15.3. The smallest absolute Gasteiger partial charge is 0.123 e. The summed E-state index contributed by atoms with van der Waals surface area (Å²) in [5.41, 5.74) is 4.94. The van der Waals surface area contributed by atoms with Crippen molar-refractivity contribution >= 4 is 23.1 Å². The lowest BCUT2D eigenvalue weighted by molar-refractivity contribution is 0.628. The fourth-order valence-corrected chi connectivity index (χ4v) is 2.84. The van der Waals surface area contributed by atoms with E-state index in [1.165, 1.54) is 12.1 Å². The minimum absolute atomic E-state index is 0.239. The molecule has 0 saturated carbocycles. The molecule has 0 radical (unpaired) electrons. The maximum Gasteiger partial charge on any atom is 0.123 e. The number of hydrogen-bond acceptors (Lipinski definition) is 1. The van der Waals surface area contributed by atoms with Crippen molar-refractivity contribution in [1.82, 2.24) is 4.98 Å². The van der Waals surface area contributed by atoms with E-state index in [-0.39, 0.29) is 5.82 Å². The Hall–Kier alpha value is -3.26. The van der Waals surface area contributed by atoms with Gasteiger partial charge in [-0.1, -0.05) is 60.7 Å². The number of halogens is 1. The maximum absolute atomic E-state index is 13.5. The van der Waals surface area contributed by atoms with Gasteiger partial charge in [0.05, 0.1) is 5.52 Å². The van der Waals surface area contributed by atoms with E-state index in [1.54, 1.807) is 12.3 Å². The standard InChI is InChI=1S/C23H16FN/c24-22-8-4-7-19(15-22)21-14-20-13-18(11-12-23(20)25-16-21)10-9-17-5-2-1-3-6-17/h1-16H/b10-9+. The minimum Gasteiger partial charge on any atom is -0.256 e. The number of nitrogens with zero attached hydrogens (tertiary/aromatic N) is 1. The first-order valence-corrected chi connectivity index (χ1v) is 8.17. The summed E-state index contributed by atoms with van der Waals surface area (Å²) in [5.74, 6) is -0.239. The van der Waals surface area contributed by atoms with Crippen molar-refractivity contribution in [3.05, 3.63) is 102 Å². The Labute approximate surface area is 146 Å². The minimum atomic E-state index is -0.239. The maximum atomic E-state index is 13.5. The van der Waals surface area contributed by atoms with Gasteiger partial charge in [-0.15, -0.1) is 0 Å². The largest absolute Gasteiger partial charge is 0.256 e. The Morgan fingerprint density at radius 1 is 0.680 bits per heavy atom. The fraction of sp³-hybridized carbons (Fsp3) is 0. The Morgan fingerprint density at radius 2 is 1.52 bits per heavy atom. The predicted molar refractivity (Wildman–Crippen MR) is 103 cm³/mol. The molecule has 0 spiro atoms. The third kappa shape index (κ3) is 3.48. The molecule has 120 valence electrons. The lowest BCUT2D eigenvalue weighted by Crippen LogP contribution is -1.85. The van der Waals surface area contributed by atoms with E-state index in [4.69, 9.17) is 0 Å². The number of benzene rings is 3. The molecule has 0 aliphatic rings. The van der Waals surface area contributed by atoms with Crippen LogP contribution in [-0.4, -0.2) is 4.98 Å². The van der Waals surface area contributed by atoms with Crippen LogP contribution in [0.2, 0.25) is 0 Å². The van der Waals surface area contributed by atoms with Gasteiger partial charge in [-0.3, -0.25) is 4.98 Å². The van der Waals surface area contributed by atoms with Crippen LogP contribution in [0.4, 0.5) is 4.39 Å². The molecule has 0 saturated heterocycles. The molecule has 0 fully saturated rings. The number of rotatable bonds is 3. The summed E-state index contributed by atoms with van der Waals surface area (Å²) in [5, 5.41) is 1.04. The van der Waals surface area contributed by atoms with Gasteiger partial charge < -0.3 is 0 Å². The van der Waals surface area contributed by atoms with Gasteiger partial charge in [0.2, 0.25) is 0 Å². The van der Waals surface area contributed by atoms with Gasteiger partial charge in [0.1, 0.15) is 5.82 Å². The first-order chi connectivity index (χ1) is 12.3. The fourth-order valence-electron chi connectivity index (χ4n) is 2.84. The SMILES string of the molecule is Fc1cccc(-c2cnc3ccc(/C=C/c4ccccc4)cc3c2)c1. The molecule has 2 heteroatoms. The predicted octanol–water partition coefficient (Wildman–Crippen LogP) is 6.21. The summed E-state index contributed by atoms with van der Waals surface area (Å²) < 4.78 is 13.5. The van der Waals surface area contributed by atoms with Crippen LogP contribution >= 0.6 is 0 Å². The van der Waals surface area contributed by atoms with Gasteiger partial charge in [-0.25, -0.2) is 4.39 Å². The molecule has 25 heavy (non-hydrogen) atoms. The van der Waals surface area contributed by atoms with Gasteiger partial charge >= 0.3 is 0 Å². The highest BCUT2D eigenvalue weighted by atomic mass is 19.1. The van der Waals surface area contributed by atoms with Gasteiger partial charge in [0.15, 0.2) is 0 Å². The van der Waals surface area contributed by atoms with Crippen molar-refractivity contribution in [2.75, 3.05) is 0 Å². The molecule has 3 aromatic carbocycles. The van der Waals surface area contributed by atoms with Crippen LogP contribution in [0.3, 0.4) is 0 Å². The highest BCUT2D eigenvalue weighted by Gasteiger charge is 2.03. The van der Waals surface area contributed by atoms with Crippen LogP contribution in [0.15, 0.2) is 85.1 Å². The second kappa shape index (κ2) is 6.70. The van der Waals surface area contributed by atoms with Crippen LogP contribution in [-0.2, 0) is 0 Å². The lowest BCUT2D eigenvalue weighted by atomic mass is 10.0. The van der Waals surface area contributed by atoms with Crippen molar-refractivity contribution in [3.63, 3.8) is 0 Å². The summed E-state index contributed by atoms with van der Waals surface area (Å²) in [7, 11) is 0. The Kier molecular flexibility index (Phi) is 4.09. The van der Waals surface area contributed by atoms with E-state index in [0.717, 1.165) is 33.2 Å². The molecule has 4 rings (SSSR count). The highest BCUT2D eigenvalue weighted by Crippen LogP contribution is 2.24. The van der Waals surface area contributed by atoms with E-state index in [1.807, 2.05) is 30.3 Å². The zero-order valence-electron chi connectivity index (χ0n) is 13.6. The second-order valence-corrected chi connectivity index (χ2v) is 5.93. The number of hydrogen-bond donors (Lipinski definition) is 0. The molecule has 0 bridgehead atoms. The molecule has 0 amide bonds. The monoisotopic (exact) mass is 325 g/mol. The van der Waals surface area contributed by atoms with Gasteiger partial charge in [0.25, 0.3) is 0 Å². The molecule has 4 aromatic rings. The molecule has 1 heterocycles. The third-order valence-electron chi connectivity index (χ3n) is 4.13. The average molecular weight is 325 g/mol. The summed E-state index contributed by atoms with van der Waals surface area (Å²) in [6.07, 6.45) is 5.96. The van der Waals surface area contributed by atoms with Crippen LogP contribution in [0.25, 0.3) is 34.2 Å². The van der Waals surface area contributed by atoms with Crippen LogP contribution in [0.5, 0.6) is 0 Å². The summed E-state index contributed by atoms with van der Waals surface area (Å²) in [6, 6.07) is 25.0. The van der Waals surface area contributed by atoms with Crippen molar-refractivity contribution in [1.29, 1.82) is 0 Å². The summed E-state index contributed by atoms with van der Waals surface area (Å²) in [6.45, 7) is 0. The van der Waals surface area contributed by atoms with E-state index >= 15 is 0 Å². The van der Waals surface area contributed by atoms with Crippen molar-refractivity contribution < 1.29 is 4.39 Å². The normalized spacial score (nSPS) is 11.2. The zero-order valence-corrected chi connectivity index (χ0v) is 13.6. The van der Waals surface area contributed by atoms with Crippen LogP contribution < -0.4 is 0 Å². The van der Waals surface area contributed by atoms with Crippen molar-refractivity contribution in [2.45, 2.75) is 0 Å². The Bertz CT molecular complexity index is 1050. The molecule has 0 unspecified atom stereocenters. The Balaban J connectivity index is 1.70. The zero-order chi connectivity index (χ0) is 17.1. The number of fused-ring (bicyclic) bond motifs is 1. The molecular formula is C23H16FN. The second-order valence-electron chi connectivity index (χ2n) is 5.93. The van der Waals surface area contributed by atoms with E-state index in [2.05, 4.69) is 47.5 Å². The van der Waals surface area contributed by atoms with Crippen LogP contribution in [0, 0.1) is 5.82 Å². The van der Waals surface area contributed by atoms with E-state index < -0.39 is 0 Å².